The maximum atomic E-state index is 4.84. The average molecular weight is 1500 g/mol. The number of hydrogen-bond acceptors (Lipinski definition) is 7. The Morgan fingerprint density at radius 1 is 0.324 bits per heavy atom. The Bertz CT molecular complexity index is 3710. The molecule has 2 aliphatic rings. The van der Waals surface area contributed by atoms with E-state index in [-0.39, 0.29) is 75.8 Å². The van der Waals surface area contributed by atoms with Gasteiger partial charge < -0.3 is 0 Å². The van der Waals surface area contributed by atoms with Crippen molar-refractivity contribution in [3.05, 3.63) is 122 Å². The van der Waals surface area contributed by atoms with Gasteiger partial charge in [-0.25, -0.2) is 0 Å². The Labute approximate surface area is 664 Å². The summed E-state index contributed by atoms with van der Waals surface area (Å²) in [4.78, 5) is 0. The molecule has 7 aromatic rings. The SMILES string of the molecule is CC(C)(C)c1cc(C(C)(C)C)[nH]n1.CC(C)(C)c1cc(C(C)(C)C)n(C2CC2)n1.CC(C)(C)c1cc(C(C)(C)C)n(CC2CC2)n1.CC(C)Cn1nc(C(C)(C)C)cc1C(C)(C)C.CC(C)n1nc(C(C)(C)C)cc1C(C)(C)C.CCn1nc(C(C)(C)C)cc1C(C)(C)C.Cn1nc(C(C)(C)C)cc1C(C)(C)C. The van der Waals surface area contributed by atoms with Gasteiger partial charge in [-0.15, -0.1) is 0 Å². The van der Waals surface area contributed by atoms with E-state index < -0.39 is 0 Å². The van der Waals surface area contributed by atoms with Gasteiger partial charge in [-0.05, 0) is 101 Å². The highest BCUT2D eigenvalue weighted by Crippen LogP contribution is 2.41. The van der Waals surface area contributed by atoms with Crippen molar-refractivity contribution < 1.29 is 0 Å². The first-order chi connectivity index (χ1) is 47.9. The lowest BCUT2D eigenvalue weighted by atomic mass is 9.88. The van der Waals surface area contributed by atoms with E-state index in [0.29, 0.717) is 18.0 Å². The van der Waals surface area contributed by atoms with E-state index in [1.807, 2.05) is 11.7 Å². The summed E-state index contributed by atoms with van der Waals surface area (Å²) < 4.78 is 13.0. The summed E-state index contributed by atoms with van der Waals surface area (Å²) in [6.07, 6.45) is 5.37. The second-order valence-electron chi connectivity index (χ2n) is 47.0. The van der Waals surface area contributed by atoms with Crippen LogP contribution in [0.15, 0.2) is 42.5 Å². The van der Waals surface area contributed by atoms with Crippen molar-refractivity contribution in [3.8, 4) is 0 Å². The zero-order valence-electron chi connectivity index (χ0n) is 79.6. The van der Waals surface area contributed by atoms with Gasteiger partial charge in [0.25, 0.3) is 0 Å². The van der Waals surface area contributed by atoms with Gasteiger partial charge in [0.15, 0.2) is 0 Å². The number of hydrogen-bond donors (Lipinski definition) is 1. The molecule has 7 aromatic heterocycles. The Kier molecular flexibility index (Phi) is 30.8. The van der Waals surface area contributed by atoms with Crippen molar-refractivity contribution in [2.24, 2.45) is 18.9 Å². The van der Waals surface area contributed by atoms with Gasteiger partial charge in [0, 0.05) is 148 Å². The number of aromatic nitrogens is 14. The Hall–Kier alpha value is -5.53. The fraction of sp³-hybridized carbons (Fsp3) is 0.777. The van der Waals surface area contributed by atoms with Crippen LogP contribution in [0.1, 0.15) is 443 Å². The molecular weight excluding hydrogens is 1330 g/mol. The molecule has 2 fully saturated rings. The fourth-order valence-electron chi connectivity index (χ4n) is 11.8. The predicted octanol–water partition coefficient (Wildman–Crippen LogP) is 25.4. The molecule has 0 bridgehead atoms. The molecule has 14 nitrogen and oxygen atoms in total. The van der Waals surface area contributed by atoms with Gasteiger partial charge in [0.1, 0.15) is 0 Å². The fourth-order valence-corrected chi connectivity index (χ4v) is 11.8. The van der Waals surface area contributed by atoms with Crippen LogP contribution in [0.25, 0.3) is 0 Å². The molecule has 1 N–H and O–H groups in total. The predicted molar refractivity (Wildman–Crippen MR) is 467 cm³/mol. The van der Waals surface area contributed by atoms with Crippen LogP contribution in [0, 0.1) is 11.8 Å². The van der Waals surface area contributed by atoms with Gasteiger partial charge in [-0.2, -0.15) is 35.7 Å². The van der Waals surface area contributed by atoms with Crippen molar-refractivity contribution >= 4 is 0 Å². The van der Waals surface area contributed by atoms with E-state index in [9.17, 15) is 0 Å². The quantitative estimate of drug-likeness (QED) is 0.168. The molecule has 0 saturated heterocycles. The summed E-state index contributed by atoms with van der Waals surface area (Å²) in [5.74, 6) is 1.51. The summed E-state index contributed by atoms with van der Waals surface area (Å²) in [6, 6.07) is 16.9. The van der Waals surface area contributed by atoms with Crippen molar-refractivity contribution in [1.82, 2.24) is 68.9 Å². The van der Waals surface area contributed by atoms with Crippen molar-refractivity contribution in [2.75, 3.05) is 0 Å². The zero-order chi connectivity index (χ0) is 84.4. The van der Waals surface area contributed by atoms with Crippen molar-refractivity contribution in [1.29, 1.82) is 0 Å². The number of H-pyrrole nitrogens is 1. The third kappa shape index (κ3) is 29.5. The minimum Gasteiger partial charge on any atom is -0.282 e. The monoisotopic (exact) mass is 1500 g/mol. The molecule has 2 aliphatic carbocycles. The molecule has 9 rings (SSSR count). The third-order valence-corrected chi connectivity index (χ3v) is 19.4. The van der Waals surface area contributed by atoms with Crippen LogP contribution in [0.2, 0.25) is 0 Å². The smallest absolute Gasteiger partial charge is 0.0681 e. The molecule has 0 radical (unpaired) electrons. The molecule has 7 heterocycles. The Morgan fingerprint density at radius 2 is 0.630 bits per heavy atom. The first-order valence-electron chi connectivity index (χ1n) is 41.5. The normalized spacial score (nSPS) is 14.7. The number of nitrogens with zero attached hydrogens (tertiary/aromatic N) is 13. The van der Waals surface area contributed by atoms with Crippen LogP contribution in [0.4, 0.5) is 0 Å². The lowest BCUT2D eigenvalue weighted by molar-refractivity contribution is 0.421. The van der Waals surface area contributed by atoms with Crippen LogP contribution in [-0.2, 0) is 102 Å². The van der Waals surface area contributed by atoms with Crippen LogP contribution < -0.4 is 0 Å². The molecule has 616 valence electrons. The molecule has 0 unspecified atom stereocenters. The topological polar surface area (TPSA) is 136 Å². The summed E-state index contributed by atoms with van der Waals surface area (Å²) in [5, 5.41) is 35.9. The lowest BCUT2D eigenvalue weighted by Crippen LogP contribution is -2.20. The van der Waals surface area contributed by atoms with Gasteiger partial charge in [-0.1, -0.05) is 305 Å². The minimum absolute atomic E-state index is 0.125. The van der Waals surface area contributed by atoms with Gasteiger partial charge in [0.05, 0.1) is 45.9 Å². The molecular formula is C94H170N14. The highest BCUT2D eigenvalue weighted by Gasteiger charge is 2.36. The first kappa shape index (κ1) is 96.7. The summed E-state index contributed by atoms with van der Waals surface area (Å²) >= 11 is 0. The first-order valence-corrected chi connectivity index (χ1v) is 41.5. The van der Waals surface area contributed by atoms with Crippen molar-refractivity contribution in [2.45, 2.75) is 459 Å². The van der Waals surface area contributed by atoms with Gasteiger partial charge in [0.2, 0.25) is 0 Å². The molecule has 0 amide bonds. The number of rotatable bonds is 7. The Balaban J connectivity index is 0.000000327. The molecule has 14 heteroatoms. The summed E-state index contributed by atoms with van der Waals surface area (Å²) in [6.45, 7) is 108. The van der Waals surface area contributed by atoms with Gasteiger partial charge in [-0.3, -0.25) is 33.2 Å². The summed E-state index contributed by atoms with van der Waals surface area (Å²) in [7, 11) is 2.02. The largest absolute Gasteiger partial charge is 0.282 e. The van der Waals surface area contributed by atoms with Crippen LogP contribution in [0.5, 0.6) is 0 Å². The average Bonchev–Trinajstić information content (AvgIpc) is 1.63. The number of aromatic amines is 1. The lowest BCUT2D eigenvalue weighted by Gasteiger charge is -2.22. The van der Waals surface area contributed by atoms with E-state index >= 15 is 0 Å². The number of aryl methyl sites for hydroxylation is 2. The number of nitrogens with one attached hydrogen (secondary N) is 1. The highest BCUT2D eigenvalue weighted by atomic mass is 15.3. The zero-order valence-corrected chi connectivity index (χ0v) is 79.6. The van der Waals surface area contributed by atoms with E-state index in [1.54, 1.807) is 0 Å². The minimum atomic E-state index is 0.125. The third-order valence-electron chi connectivity index (χ3n) is 19.4. The Morgan fingerprint density at radius 3 is 0.898 bits per heavy atom. The van der Waals surface area contributed by atoms with Gasteiger partial charge >= 0.3 is 0 Å². The van der Waals surface area contributed by atoms with Crippen molar-refractivity contribution in [3.63, 3.8) is 0 Å². The highest BCUT2D eigenvalue weighted by molar-refractivity contribution is 5.29. The van der Waals surface area contributed by atoms with Crippen LogP contribution in [0.3, 0.4) is 0 Å². The molecule has 0 atom stereocenters. The van der Waals surface area contributed by atoms with Crippen LogP contribution in [-0.4, -0.2) is 68.9 Å². The molecule has 108 heavy (non-hydrogen) atoms. The van der Waals surface area contributed by atoms with E-state index in [2.05, 4.69) is 412 Å². The van der Waals surface area contributed by atoms with Crippen LogP contribution >= 0.6 is 0 Å². The maximum absolute atomic E-state index is 4.84. The second kappa shape index (κ2) is 34.4. The molecule has 0 spiro atoms. The molecule has 0 aliphatic heterocycles. The van der Waals surface area contributed by atoms with E-state index in [1.165, 1.54) is 99.7 Å². The van der Waals surface area contributed by atoms with E-state index in [4.69, 9.17) is 20.4 Å². The second-order valence-corrected chi connectivity index (χ2v) is 47.0. The molecule has 0 aromatic carbocycles. The molecule has 2 saturated carbocycles. The van der Waals surface area contributed by atoms with E-state index in [0.717, 1.165) is 31.2 Å². The standard InChI is InChI=1S/C15H26N2.C15H28N2.C14H24N2.C14H26N2.C13H24N2.C12H22N2.C11H20N2/c1-14(2,3)12-9-13(15(4,5)6)17(16-12)10-11-7-8-11;1-11(2)10-17-13(15(6,7)8)9-12(16-17)14(3,4)5;1-13(2,3)11-9-12(14(4,5)6)16(15-11)10-7-8-10;1-10(2)16-12(14(6,7)8)9-11(15-16)13(3,4)5;1-8-15-11(13(5,6)7)9-10(14-15)12(2,3)4;1-11(2,3)9-8-10(12(4,5)6)14(7)13-9;1-10(2,3)8-7-9(13-12-8)11(4,5)6/h9,11H,7-8,10H2,1-6H3;9,11H,10H2,1-8H3;9-10H,7-8H2,1-6H3;9-10H,1-8H3;9H,8H2,1-7H3;8H,1-7H3;7H,1-6H3,(H,12,13). The maximum Gasteiger partial charge on any atom is 0.0681 e. The summed E-state index contributed by atoms with van der Waals surface area (Å²) in [5.41, 5.74) is 19.8.